The van der Waals surface area contributed by atoms with Crippen LogP contribution in [0.5, 0.6) is 0 Å². The second-order valence-corrected chi connectivity index (χ2v) is 5.82. The van der Waals surface area contributed by atoms with Crippen molar-refractivity contribution in [3.05, 3.63) is 57.6 Å². The molecule has 2 aromatic carbocycles. The van der Waals surface area contributed by atoms with E-state index in [0.29, 0.717) is 17.8 Å². The van der Waals surface area contributed by atoms with Crippen molar-refractivity contribution in [2.24, 2.45) is 0 Å². The molecule has 2 aromatic rings. The van der Waals surface area contributed by atoms with E-state index in [-0.39, 0.29) is 5.91 Å². The van der Waals surface area contributed by atoms with Crippen molar-refractivity contribution in [1.29, 1.82) is 0 Å². The summed E-state index contributed by atoms with van der Waals surface area (Å²) < 4.78 is 0.907. The standard InChI is InChI=1S/C16H17BrN2O/c1-10-4-3-5-12(6-10)8-15(20)19-16-11(2)7-13(17)9-14(16)18/h3-7,9H,8,18H2,1-2H3,(H,19,20). The molecule has 0 spiro atoms. The van der Waals surface area contributed by atoms with Gasteiger partial charge in [-0.3, -0.25) is 4.79 Å². The average Bonchev–Trinajstić information content (AvgIpc) is 2.33. The fourth-order valence-electron chi connectivity index (χ4n) is 2.13. The van der Waals surface area contributed by atoms with E-state index in [1.54, 1.807) is 6.07 Å². The van der Waals surface area contributed by atoms with Crippen molar-refractivity contribution >= 4 is 33.2 Å². The highest BCUT2D eigenvalue weighted by Crippen LogP contribution is 2.27. The molecule has 2 rings (SSSR count). The Morgan fingerprint density at radius 2 is 2.00 bits per heavy atom. The van der Waals surface area contributed by atoms with Crippen LogP contribution >= 0.6 is 15.9 Å². The Kier molecular flexibility index (Phi) is 4.45. The van der Waals surface area contributed by atoms with Crippen LogP contribution in [0.4, 0.5) is 11.4 Å². The highest BCUT2D eigenvalue weighted by molar-refractivity contribution is 9.10. The molecule has 0 heterocycles. The van der Waals surface area contributed by atoms with E-state index in [0.717, 1.165) is 21.2 Å². The topological polar surface area (TPSA) is 55.1 Å². The van der Waals surface area contributed by atoms with Crippen LogP contribution in [-0.4, -0.2) is 5.91 Å². The van der Waals surface area contributed by atoms with Gasteiger partial charge >= 0.3 is 0 Å². The van der Waals surface area contributed by atoms with E-state index in [9.17, 15) is 4.79 Å². The molecule has 0 aliphatic heterocycles. The second-order valence-electron chi connectivity index (χ2n) is 4.90. The molecular formula is C16H17BrN2O. The summed E-state index contributed by atoms with van der Waals surface area (Å²) in [6.07, 6.45) is 0.344. The van der Waals surface area contributed by atoms with Crippen LogP contribution in [0.25, 0.3) is 0 Å². The first kappa shape index (κ1) is 14.6. The molecule has 0 aliphatic carbocycles. The molecule has 4 heteroatoms. The predicted molar refractivity (Wildman–Crippen MR) is 86.8 cm³/mol. The molecular weight excluding hydrogens is 316 g/mol. The summed E-state index contributed by atoms with van der Waals surface area (Å²) >= 11 is 3.38. The Balaban J connectivity index is 2.13. The number of amides is 1. The van der Waals surface area contributed by atoms with E-state index >= 15 is 0 Å². The Hall–Kier alpha value is -1.81. The zero-order valence-electron chi connectivity index (χ0n) is 11.5. The number of hydrogen-bond donors (Lipinski definition) is 2. The number of rotatable bonds is 3. The van der Waals surface area contributed by atoms with Gasteiger partial charge in [-0.05, 0) is 37.1 Å². The molecule has 0 saturated heterocycles. The van der Waals surface area contributed by atoms with Crippen molar-refractivity contribution in [1.82, 2.24) is 0 Å². The monoisotopic (exact) mass is 332 g/mol. The first-order chi connectivity index (χ1) is 9.45. The number of benzene rings is 2. The molecule has 20 heavy (non-hydrogen) atoms. The lowest BCUT2D eigenvalue weighted by Gasteiger charge is -2.12. The first-order valence-corrected chi connectivity index (χ1v) is 7.16. The summed E-state index contributed by atoms with van der Waals surface area (Å²) in [5, 5.41) is 2.89. The maximum Gasteiger partial charge on any atom is 0.228 e. The van der Waals surface area contributed by atoms with Crippen molar-refractivity contribution in [3.63, 3.8) is 0 Å². The normalized spacial score (nSPS) is 10.3. The van der Waals surface area contributed by atoms with Crippen LogP contribution in [0.15, 0.2) is 40.9 Å². The van der Waals surface area contributed by atoms with Crippen LogP contribution < -0.4 is 11.1 Å². The minimum atomic E-state index is -0.0623. The van der Waals surface area contributed by atoms with E-state index in [1.165, 1.54) is 0 Å². The Morgan fingerprint density at radius 1 is 1.25 bits per heavy atom. The number of nitrogen functional groups attached to an aromatic ring is 1. The molecule has 1 amide bonds. The van der Waals surface area contributed by atoms with E-state index in [2.05, 4.69) is 21.2 Å². The largest absolute Gasteiger partial charge is 0.397 e. The van der Waals surface area contributed by atoms with Crippen molar-refractivity contribution in [2.45, 2.75) is 20.3 Å². The van der Waals surface area contributed by atoms with Gasteiger partial charge in [0.15, 0.2) is 0 Å². The van der Waals surface area contributed by atoms with E-state index in [4.69, 9.17) is 5.73 Å². The van der Waals surface area contributed by atoms with Gasteiger partial charge < -0.3 is 11.1 Å². The number of halogens is 1. The SMILES string of the molecule is Cc1cccc(CC(=O)Nc2c(C)cc(Br)cc2N)c1. The summed E-state index contributed by atoms with van der Waals surface area (Å²) in [4.78, 5) is 12.1. The Labute approximate surface area is 127 Å². The molecule has 0 radical (unpaired) electrons. The van der Waals surface area contributed by atoms with Crippen LogP contribution in [0.2, 0.25) is 0 Å². The van der Waals surface area contributed by atoms with Gasteiger partial charge in [-0.25, -0.2) is 0 Å². The summed E-state index contributed by atoms with van der Waals surface area (Å²) in [6, 6.07) is 11.6. The van der Waals surface area contributed by atoms with Crippen LogP contribution in [-0.2, 0) is 11.2 Å². The van der Waals surface area contributed by atoms with E-state index in [1.807, 2.05) is 44.2 Å². The lowest BCUT2D eigenvalue weighted by Crippen LogP contribution is -2.16. The van der Waals surface area contributed by atoms with E-state index < -0.39 is 0 Å². The second kappa shape index (κ2) is 6.09. The number of nitrogens with two attached hydrogens (primary N) is 1. The Morgan fingerprint density at radius 3 is 2.65 bits per heavy atom. The summed E-state index contributed by atoms with van der Waals surface area (Å²) in [7, 11) is 0. The summed E-state index contributed by atoms with van der Waals surface area (Å²) in [5.74, 6) is -0.0623. The minimum absolute atomic E-state index is 0.0623. The fourth-order valence-corrected chi connectivity index (χ4v) is 2.72. The predicted octanol–water partition coefficient (Wildman–Crippen LogP) is 3.83. The molecule has 0 atom stereocenters. The van der Waals surface area contributed by atoms with Gasteiger partial charge in [-0.2, -0.15) is 0 Å². The molecule has 0 unspecified atom stereocenters. The van der Waals surface area contributed by atoms with Gasteiger partial charge in [0, 0.05) is 4.47 Å². The number of carbonyl (C=O) groups is 1. The third-order valence-corrected chi connectivity index (χ3v) is 3.50. The van der Waals surface area contributed by atoms with Gasteiger partial charge in [0.1, 0.15) is 0 Å². The molecule has 3 N–H and O–H groups in total. The number of anilines is 2. The molecule has 0 fully saturated rings. The van der Waals surface area contributed by atoms with Crippen LogP contribution in [0.3, 0.4) is 0 Å². The zero-order valence-corrected chi connectivity index (χ0v) is 13.1. The number of nitrogens with one attached hydrogen (secondary N) is 1. The van der Waals surface area contributed by atoms with Gasteiger partial charge in [0.2, 0.25) is 5.91 Å². The number of carbonyl (C=O) groups excluding carboxylic acids is 1. The summed E-state index contributed by atoms with van der Waals surface area (Å²) in [5.41, 5.74) is 10.3. The lowest BCUT2D eigenvalue weighted by molar-refractivity contribution is -0.115. The van der Waals surface area contributed by atoms with Gasteiger partial charge in [-0.15, -0.1) is 0 Å². The molecule has 104 valence electrons. The first-order valence-electron chi connectivity index (χ1n) is 6.36. The zero-order chi connectivity index (χ0) is 14.7. The average molecular weight is 333 g/mol. The van der Waals surface area contributed by atoms with Crippen molar-refractivity contribution < 1.29 is 4.79 Å². The van der Waals surface area contributed by atoms with Crippen molar-refractivity contribution in [3.8, 4) is 0 Å². The van der Waals surface area contributed by atoms with Crippen LogP contribution in [0.1, 0.15) is 16.7 Å². The molecule has 0 bridgehead atoms. The quantitative estimate of drug-likeness (QED) is 0.839. The maximum atomic E-state index is 12.1. The van der Waals surface area contributed by atoms with Gasteiger partial charge in [0.25, 0.3) is 0 Å². The molecule has 0 aromatic heterocycles. The van der Waals surface area contributed by atoms with Crippen molar-refractivity contribution in [2.75, 3.05) is 11.1 Å². The molecule has 0 saturated carbocycles. The number of aryl methyl sites for hydroxylation is 2. The Bertz CT molecular complexity index is 630. The third kappa shape index (κ3) is 3.61. The summed E-state index contributed by atoms with van der Waals surface area (Å²) in [6.45, 7) is 3.93. The number of hydrogen-bond acceptors (Lipinski definition) is 2. The highest BCUT2D eigenvalue weighted by atomic mass is 79.9. The van der Waals surface area contributed by atoms with Crippen LogP contribution in [0, 0.1) is 13.8 Å². The smallest absolute Gasteiger partial charge is 0.228 e. The van der Waals surface area contributed by atoms with Gasteiger partial charge in [0.05, 0.1) is 17.8 Å². The van der Waals surface area contributed by atoms with Gasteiger partial charge in [-0.1, -0.05) is 45.8 Å². The third-order valence-electron chi connectivity index (χ3n) is 3.04. The lowest BCUT2D eigenvalue weighted by atomic mass is 10.1. The fraction of sp³-hybridized carbons (Fsp3) is 0.188. The molecule has 0 aliphatic rings. The maximum absolute atomic E-state index is 12.1. The highest BCUT2D eigenvalue weighted by Gasteiger charge is 2.10. The minimum Gasteiger partial charge on any atom is -0.397 e. The molecule has 3 nitrogen and oxygen atoms in total.